The van der Waals surface area contributed by atoms with Crippen molar-refractivity contribution in [1.82, 2.24) is 0 Å². The normalized spacial score (nSPS) is 2.25. The van der Waals surface area contributed by atoms with Gasteiger partial charge in [-0.3, -0.25) is 9.32 Å². The third-order valence-corrected chi connectivity index (χ3v) is 0. The van der Waals surface area contributed by atoms with Crippen LogP contribution in [0.1, 0.15) is 0 Å². The predicted molar refractivity (Wildman–Crippen MR) is 32.4 cm³/mol. The molecule has 0 saturated heterocycles. The Balaban J connectivity index is -0.00000000500. The van der Waals surface area contributed by atoms with E-state index in [1.54, 1.807) is 0 Å². The maximum atomic E-state index is 7.72. The summed E-state index contributed by atoms with van der Waals surface area (Å²) in [7, 11) is 0. The molecule has 8 heavy (non-hydrogen) atoms. The van der Waals surface area contributed by atoms with E-state index in [1.807, 2.05) is 0 Å². The van der Waals surface area contributed by atoms with Crippen molar-refractivity contribution in [3.8, 4) is 0 Å². The Kier molecular flexibility index (Phi) is 544. The van der Waals surface area contributed by atoms with Gasteiger partial charge in [-0.15, -0.1) is 0 Å². The van der Waals surface area contributed by atoms with Gasteiger partial charge in [0.25, 0.3) is 0 Å². The molecule has 0 aliphatic rings. The van der Waals surface area contributed by atoms with Gasteiger partial charge in [0.15, 0.2) is 0 Å². The smallest absolute Gasteiger partial charge is 0.769 e. The van der Waals surface area contributed by atoms with Crippen molar-refractivity contribution < 1.29 is 43.5 Å². The van der Waals surface area contributed by atoms with Crippen LogP contribution in [0.5, 0.6) is 0 Å². The van der Waals surface area contributed by atoms with Gasteiger partial charge in [-0.05, 0) is 0 Å². The summed E-state index contributed by atoms with van der Waals surface area (Å²) in [4.78, 5) is 0. The fourth-order valence-electron chi connectivity index (χ4n) is 0. The van der Waals surface area contributed by atoms with E-state index in [2.05, 4.69) is 35.6 Å². The van der Waals surface area contributed by atoms with Gasteiger partial charge in [-0.25, -0.2) is 11.9 Å². The maximum absolute atomic E-state index is 7.72. The van der Waals surface area contributed by atoms with E-state index in [9.17, 15) is 0 Å². The van der Waals surface area contributed by atoms with Crippen LogP contribution in [0.2, 0.25) is 0 Å². The zero-order valence-electron chi connectivity index (χ0n) is 3.94. The van der Waals surface area contributed by atoms with E-state index in [4.69, 9.17) is 14.0 Å². The summed E-state index contributed by atoms with van der Waals surface area (Å²) in [5.74, 6) is 0. The van der Waals surface area contributed by atoms with E-state index < -0.39 is 0 Å². The Morgan fingerprint density at radius 3 is 0.875 bits per heavy atom. The van der Waals surface area contributed by atoms with Crippen LogP contribution in [0.25, 0.3) is 0 Å². The van der Waals surface area contributed by atoms with Crippen molar-refractivity contribution in [3.63, 3.8) is 0 Å². The predicted octanol–water partition coefficient (Wildman–Crippen LogP) is -3.12. The van der Waals surface area contributed by atoms with Gasteiger partial charge in [0, 0.05) is 0 Å². The van der Waals surface area contributed by atoms with E-state index in [1.165, 1.54) is 0 Å². The summed E-state index contributed by atoms with van der Waals surface area (Å²) in [6.45, 7) is 0. The van der Waals surface area contributed by atoms with Crippen molar-refractivity contribution in [2.75, 3.05) is 0 Å². The molecule has 0 atom stereocenters. The fourth-order valence-corrected chi connectivity index (χ4v) is 0. The summed E-state index contributed by atoms with van der Waals surface area (Å²) in [6, 6.07) is 0. The molecular weight excluding hydrogens is 209 g/mol. The Morgan fingerprint density at radius 1 is 0.875 bits per heavy atom. The van der Waals surface area contributed by atoms with Crippen LogP contribution in [0.4, 0.5) is 0 Å². The van der Waals surface area contributed by atoms with E-state index >= 15 is 0 Å². The zero-order valence-corrected chi connectivity index (χ0v) is 9.20. The number of halogens is 3. The molecule has 0 spiro atoms. The van der Waals surface area contributed by atoms with Crippen molar-refractivity contribution >= 4 is 49.1 Å². The SMILES string of the molecule is OCl.OCl.S.[Na+].[O-]Cl. The molecule has 0 aliphatic heterocycles. The molecule has 0 aromatic heterocycles. The molecule has 0 aromatic carbocycles. The number of hydrogen-bond donors (Lipinski definition) is 2. The first-order valence-corrected chi connectivity index (χ1v) is 1.48. The second-order valence-corrected chi connectivity index (χ2v) is 0. The van der Waals surface area contributed by atoms with E-state index in [-0.39, 0.29) is 43.1 Å². The standard InChI is InChI=1S/2ClHO.ClO.Na.H2S/c3*1-2;;/h2*2H;;;1H2/q;;-1;+1;. The molecule has 3 nitrogen and oxygen atoms in total. The van der Waals surface area contributed by atoms with Gasteiger partial charge in [0.05, 0.1) is 23.7 Å². The minimum absolute atomic E-state index is 0. The molecule has 0 rings (SSSR count). The Morgan fingerprint density at radius 2 is 0.875 bits per heavy atom. The molecule has 0 unspecified atom stereocenters. The van der Waals surface area contributed by atoms with Crippen LogP contribution in [0, 0.1) is 0 Å². The monoisotopic (exact) mass is 212 g/mol. The molecule has 0 bridgehead atoms. The molecule has 0 aliphatic carbocycles. The molecule has 0 heterocycles. The summed E-state index contributed by atoms with van der Waals surface area (Å²) in [5.41, 5.74) is 0. The van der Waals surface area contributed by atoms with Crippen LogP contribution in [-0.4, -0.2) is 9.32 Å². The second-order valence-electron chi connectivity index (χ2n) is 0. The van der Waals surface area contributed by atoms with Gasteiger partial charge >= 0.3 is 29.6 Å². The maximum Gasteiger partial charge on any atom is 1.00 e. The number of hydrogen-bond acceptors (Lipinski definition) is 3. The van der Waals surface area contributed by atoms with E-state index in [0.29, 0.717) is 0 Å². The first-order valence-electron chi connectivity index (χ1n) is 0.492. The van der Waals surface area contributed by atoms with Gasteiger partial charge in [0.1, 0.15) is 0 Å². The molecule has 0 fully saturated rings. The summed E-state index contributed by atoms with van der Waals surface area (Å²) >= 11 is 10.7. The van der Waals surface area contributed by atoms with Crippen molar-refractivity contribution in [2.24, 2.45) is 0 Å². The average molecular weight is 213 g/mol. The van der Waals surface area contributed by atoms with Crippen molar-refractivity contribution in [3.05, 3.63) is 0 Å². The minimum Gasteiger partial charge on any atom is -0.769 e. The first-order chi connectivity index (χ1) is 3.00. The molecule has 2 N–H and O–H groups in total. The molecule has 0 amide bonds. The van der Waals surface area contributed by atoms with Crippen LogP contribution < -0.4 is 34.2 Å². The van der Waals surface area contributed by atoms with Gasteiger partial charge in [-0.2, -0.15) is 13.5 Å². The van der Waals surface area contributed by atoms with Gasteiger partial charge < -0.3 is 4.66 Å². The second kappa shape index (κ2) is 135. The van der Waals surface area contributed by atoms with Gasteiger partial charge in [-0.1, -0.05) is 0 Å². The van der Waals surface area contributed by atoms with Crippen LogP contribution in [0.3, 0.4) is 0 Å². The van der Waals surface area contributed by atoms with Crippen molar-refractivity contribution in [1.29, 1.82) is 0 Å². The molecule has 0 aromatic rings. The molecule has 0 radical (unpaired) electrons. The fraction of sp³-hybridized carbons (Fsp3) is 0. The summed E-state index contributed by atoms with van der Waals surface area (Å²) in [5, 5.41) is 0. The number of rotatable bonds is 0. The largest absolute Gasteiger partial charge is 1.00 e. The minimum atomic E-state index is 0. The Hall–Kier alpha value is 2.10. The van der Waals surface area contributed by atoms with Crippen molar-refractivity contribution in [2.45, 2.75) is 0 Å². The van der Waals surface area contributed by atoms with Crippen LogP contribution >= 0.6 is 49.1 Å². The van der Waals surface area contributed by atoms with Gasteiger partial charge in [0.2, 0.25) is 0 Å². The van der Waals surface area contributed by atoms with Crippen LogP contribution in [-0.2, 0) is 0 Å². The van der Waals surface area contributed by atoms with Crippen LogP contribution in [0.15, 0.2) is 0 Å². The first kappa shape index (κ1) is 32.2. The quantitative estimate of drug-likeness (QED) is 0.419. The third-order valence-electron chi connectivity index (χ3n) is 0. The topological polar surface area (TPSA) is 63.5 Å². The zero-order chi connectivity index (χ0) is 6.00. The summed E-state index contributed by atoms with van der Waals surface area (Å²) in [6.07, 6.45) is 0. The summed E-state index contributed by atoms with van der Waals surface area (Å²) < 4.78 is 20.7. The molecule has 0 saturated carbocycles. The molecular formula is H4Cl3NaO3S. The van der Waals surface area contributed by atoms with E-state index in [0.717, 1.165) is 0 Å². The Bertz CT molecular complexity index is 14.5. The third kappa shape index (κ3) is 92.6. The molecule has 8 heteroatoms. The average Bonchev–Trinajstić information content (AvgIpc) is 1.81. The Labute approximate surface area is 91.8 Å². The molecule has 50 valence electrons.